The zero-order valence-electron chi connectivity index (χ0n) is 8.09. The SMILES string of the molecule is NC(=O)OC1Cc2ncccc2N(F)C1=O. The number of carbonyl (C=O) groups is 2. The Balaban J connectivity index is 2.32. The average molecular weight is 225 g/mol. The molecule has 2 N–H and O–H groups in total. The predicted molar refractivity (Wildman–Crippen MR) is 51.0 cm³/mol. The molecule has 84 valence electrons. The molecule has 0 spiro atoms. The van der Waals surface area contributed by atoms with Crippen molar-refractivity contribution in [2.75, 3.05) is 5.12 Å². The third kappa shape index (κ3) is 1.67. The van der Waals surface area contributed by atoms with E-state index >= 15 is 0 Å². The number of ether oxygens (including phenoxy) is 1. The Morgan fingerprint density at radius 3 is 3.12 bits per heavy atom. The van der Waals surface area contributed by atoms with Crippen LogP contribution in [-0.2, 0) is 16.0 Å². The third-order valence-electron chi connectivity index (χ3n) is 2.18. The third-order valence-corrected chi connectivity index (χ3v) is 2.18. The first-order valence-electron chi connectivity index (χ1n) is 4.49. The van der Waals surface area contributed by atoms with E-state index in [1.165, 1.54) is 18.3 Å². The zero-order chi connectivity index (χ0) is 11.7. The molecular weight excluding hydrogens is 217 g/mol. The molecule has 0 fully saturated rings. The maximum atomic E-state index is 13.5. The van der Waals surface area contributed by atoms with Gasteiger partial charge in [0, 0.05) is 12.6 Å². The van der Waals surface area contributed by atoms with Crippen LogP contribution in [-0.4, -0.2) is 23.1 Å². The molecule has 16 heavy (non-hydrogen) atoms. The lowest BCUT2D eigenvalue weighted by Gasteiger charge is -2.25. The molecule has 0 radical (unpaired) electrons. The van der Waals surface area contributed by atoms with Gasteiger partial charge < -0.3 is 10.5 Å². The van der Waals surface area contributed by atoms with Crippen molar-refractivity contribution < 1.29 is 18.8 Å². The van der Waals surface area contributed by atoms with Crippen LogP contribution in [0.3, 0.4) is 0 Å². The predicted octanol–water partition coefficient (Wildman–Crippen LogP) is 0.319. The van der Waals surface area contributed by atoms with Crippen molar-refractivity contribution in [3.05, 3.63) is 24.0 Å². The lowest BCUT2D eigenvalue weighted by molar-refractivity contribution is -0.130. The maximum Gasteiger partial charge on any atom is 0.405 e. The van der Waals surface area contributed by atoms with E-state index in [9.17, 15) is 14.1 Å². The highest BCUT2D eigenvalue weighted by Gasteiger charge is 2.36. The van der Waals surface area contributed by atoms with Gasteiger partial charge in [-0.05, 0) is 12.1 Å². The highest BCUT2D eigenvalue weighted by Crippen LogP contribution is 2.27. The number of aromatic nitrogens is 1. The van der Waals surface area contributed by atoms with E-state index in [2.05, 4.69) is 9.72 Å². The number of hydrogen-bond acceptors (Lipinski definition) is 4. The van der Waals surface area contributed by atoms with E-state index in [-0.39, 0.29) is 17.2 Å². The van der Waals surface area contributed by atoms with Crippen molar-refractivity contribution in [2.45, 2.75) is 12.5 Å². The van der Waals surface area contributed by atoms with Gasteiger partial charge in [0.15, 0.2) is 6.10 Å². The molecular formula is C9H8FN3O3. The van der Waals surface area contributed by atoms with Crippen LogP contribution >= 0.6 is 0 Å². The van der Waals surface area contributed by atoms with E-state index < -0.39 is 18.1 Å². The molecule has 1 aromatic rings. The molecule has 1 aliphatic heterocycles. The first-order chi connectivity index (χ1) is 7.59. The molecule has 2 heterocycles. The largest absolute Gasteiger partial charge is 0.436 e. The van der Waals surface area contributed by atoms with Crippen molar-refractivity contribution >= 4 is 17.7 Å². The fourth-order valence-corrected chi connectivity index (χ4v) is 1.51. The normalized spacial score (nSPS) is 19.2. The van der Waals surface area contributed by atoms with E-state index in [0.29, 0.717) is 5.69 Å². The molecule has 0 aliphatic carbocycles. The summed E-state index contributed by atoms with van der Waals surface area (Å²) in [5.74, 6) is -0.959. The van der Waals surface area contributed by atoms with Gasteiger partial charge in [-0.15, -0.1) is 5.12 Å². The Kier molecular flexibility index (Phi) is 2.43. The number of hydrogen-bond donors (Lipinski definition) is 1. The van der Waals surface area contributed by atoms with Crippen LogP contribution in [0.25, 0.3) is 0 Å². The monoisotopic (exact) mass is 225 g/mol. The number of pyridine rings is 1. The van der Waals surface area contributed by atoms with Gasteiger partial charge in [-0.1, -0.05) is 4.48 Å². The Hall–Kier alpha value is -2.18. The zero-order valence-corrected chi connectivity index (χ0v) is 8.09. The molecule has 0 saturated heterocycles. The molecule has 1 unspecified atom stereocenters. The van der Waals surface area contributed by atoms with Crippen LogP contribution in [0, 0.1) is 0 Å². The molecule has 0 bridgehead atoms. The number of nitrogens with two attached hydrogens (primary N) is 1. The number of rotatable bonds is 1. The highest BCUT2D eigenvalue weighted by molar-refractivity contribution is 5.98. The molecule has 7 heteroatoms. The van der Waals surface area contributed by atoms with Gasteiger partial charge in [0.25, 0.3) is 5.91 Å². The van der Waals surface area contributed by atoms with Crippen LogP contribution in [0.1, 0.15) is 5.69 Å². The summed E-state index contributed by atoms with van der Waals surface area (Å²) < 4.78 is 18.0. The first-order valence-corrected chi connectivity index (χ1v) is 4.49. The summed E-state index contributed by atoms with van der Waals surface area (Å²) in [5.41, 5.74) is 5.19. The number of carbonyl (C=O) groups excluding carboxylic acids is 2. The van der Waals surface area contributed by atoms with Crippen molar-refractivity contribution in [3.8, 4) is 0 Å². The minimum atomic E-state index is -1.25. The molecule has 1 aromatic heterocycles. The Bertz CT molecular complexity index is 451. The summed E-state index contributed by atoms with van der Waals surface area (Å²) >= 11 is 0. The van der Waals surface area contributed by atoms with E-state index in [4.69, 9.17) is 5.73 Å². The number of anilines is 1. The Labute approximate surface area is 89.7 Å². The highest BCUT2D eigenvalue weighted by atomic mass is 19.2. The minimum absolute atomic E-state index is 0.0262. The lowest BCUT2D eigenvalue weighted by Crippen LogP contribution is -2.43. The number of halogens is 1. The van der Waals surface area contributed by atoms with Crippen LogP contribution in [0.15, 0.2) is 18.3 Å². The number of amides is 2. The average Bonchev–Trinajstić information content (AvgIpc) is 2.25. The summed E-state index contributed by atoms with van der Waals surface area (Å²) in [7, 11) is 0. The van der Waals surface area contributed by atoms with E-state index in [0.717, 1.165) is 0 Å². The summed E-state index contributed by atoms with van der Waals surface area (Å²) in [5, 5.41) is -0.0839. The van der Waals surface area contributed by atoms with E-state index in [1.807, 2.05) is 0 Å². The van der Waals surface area contributed by atoms with Gasteiger partial charge >= 0.3 is 6.09 Å². The minimum Gasteiger partial charge on any atom is -0.436 e. The maximum absolute atomic E-state index is 13.5. The second-order valence-corrected chi connectivity index (χ2v) is 3.22. The summed E-state index contributed by atoms with van der Waals surface area (Å²) in [4.78, 5) is 25.8. The van der Waals surface area contributed by atoms with Gasteiger partial charge in [0.2, 0.25) is 0 Å². The fraction of sp³-hybridized carbons (Fsp3) is 0.222. The van der Waals surface area contributed by atoms with Gasteiger partial charge in [-0.3, -0.25) is 9.78 Å². The fourth-order valence-electron chi connectivity index (χ4n) is 1.51. The van der Waals surface area contributed by atoms with Gasteiger partial charge in [-0.2, -0.15) is 0 Å². The van der Waals surface area contributed by atoms with Crippen LogP contribution in [0.5, 0.6) is 0 Å². The van der Waals surface area contributed by atoms with Crippen LogP contribution in [0.4, 0.5) is 15.0 Å². The molecule has 1 aliphatic rings. The molecule has 0 aromatic carbocycles. The van der Waals surface area contributed by atoms with Gasteiger partial charge in [0.1, 0.15) is 0 Å². The quantitative estimate of drug-likeness (QED) is 0.697. The van der Waals surface area contributed by atoms with E-state index in [1.54, 1.807) is 0 Å². The summed E-state index contributed by atoms with van der Waals surface area (Å²) in [6, 6.07) is 2.93. The van der Waals surface area contributed by atoms with Crippen molar-refractivity contribution in [3.63, 3.8) is 0 Å². The Morgan fingerprint density at radius 1 is 1.69 bits per heavy atom. The van der Waals surface area contributed by atoms with Crippen LogP contribution in [0.2, 0.25) is 0 Å². The topological polar surface area (TPSA) is 85.5 Å². The Morgan fingerprint density at radius 2 is 2.44 bits per heavy atom. The molecule has 0 saturated carbocycles. The second kappa shape index (κ2) is 3.76. The summed E-state index contributed by atoms with van der Waals surface area (Å²) in [6.07, 6.45) is -0.877. The van der Waals surface area contributed by atoms with Crippen molar-refractivity contribution in [1.82, 2.24) is 4.98 Å². The van der Waals surface area contributed by atoms with Crippen LogP contribution < -0.4 is 10.9 Å². The number of nitrogens with zero attached hydrogens (tertiary/aromatic N) is 2. The lowest BCUT2D eigenvalue weighted by atomic mass is 10.1. The second-order valence-electron chi connectivity index (χ2n) is 3.22. The van der Waals surface area contributed by atoms with Gasteiger partial charge in [0.05, 0.1) is 11.4 Å². The standard InChI is InChI=1S/C9H8FN3O3/c10-13-6-2-1-3-12-5(6)4-7(8(13)14)16-9(11)15/h1-3,7H,4H2,(H2,11,15). The molecule has 1 atom stereocenters. The van der Waals surface area contributed by atoms with Crippen molar-refractivity contribution in [2.24, 2.45) is 5.73 Å². The summed E-state index contributed by atoms with van der Waals surface area (Å²) in [6.45, 7) is 0. The first kappa shape index (κ1) is 10.3. The van der Waals surface area contributed by atoms with Crippen molar-refractivity contribution in [1.29, 1.82) is 0 Å². The number of fused-ring (bicyclic) bond motifs is 1. The molecule has 2 rings (SSSR count). The molecule has 2 amide bonds. The molecule has 6 nitrogen and oxygen atoms in total. The number of primary amides is 1. The smallest absolute Gasteiger partial charge is 0.405 e. The van der Waals surface area contributed by atoms with Gasteiger partial charge in [-0.25, -0.2) is 4.79 Å².